The fourth-order valence-corrected chi connectivity index (χ4v) is 2.10. The number of rotatable bonds is 2. The minimum Gasteiger partial charge on any atom is -0.360 e. The Hall–Kier alpha value is -1.12. The second-order valence-electron chi connectivity index (χ2n) is 4.23. The molecule has 14 heavy (non-hydrogen) atoms. The van der Waals surface area contributed by atoms with Gasteiger partial charge in [-0.05, 0) is 18.8 Å². The van der Waals surface area contributed by atoms with E-state index in [9.17, 15) is 4.79 Å². The van der Waals surface area contributed by atoms with Gasteiger partial charge in [-0.25, -0.2) is 0 Å². The molecule has 0 radical (unpaired) electrons. The molecular formula is C11H15NO2. The molecule has 1 aromatic rings. The lowest BCUT2D eigenvalue weighted by Crippen LogP contribution is -2.10. The first kappa shape index (κ1) is 9.44. The maximum absolute atomic E-state index is 10.4. The van der Waals surface area contributed by atoms with Gasteiger partial charge in [0.05, 0.1) is 0 Å². The molecular weight excluding hydrogens is 178 g/mol. The van der Waals surface area contributed by atoms with E-state index in [2.05, 4.69) is 12.1 Å². The fraction of sp³-hybridized carbons (Fsp3) is 0.636. The Labute approximate surface area is 83.5 Å². The van der Waals surface area contributed by atoms with Crippen molar-refractivity contribution in [3.8, 4) is 0 Å². The van der Waals surface area contributed by atoms with E-state index in [1.54, 1.807) is 6.07 Å². The van der Waals surface area contributed by atoms with Crippen molar-refractivity contribution in [2.75, 3.05) is 0 Å². The fourth-order valence-electron chi connectivity index (χ4n) is 2.10. The van der Waals surface area contributed by atoms with Gasteiger partial charge in [0.25, 0.3) is 0 Å². The Morgan fingerprint density at radius 1 is 1.43 bits per heavy atom. The van der Waals surface area contributed by atoms with Crippen LogP contribution >= 0.6 is 0 Å². The molecule has 0 saturated heterocycles. The van der Waals surface area contributed by atoms with E-state index in [1.165, 1.54) is 12.8 Å². The van der Waals surface area contributed by atoms with Crippen LogP contribution in [0.5, 0.6) is 0 Å². The van der Waals surface area contributed by atoms with Crippen molar-refractivity contribution in [1.29, 1.82) is 0 Å². The van der Waals surface area contributed by atoms with Gasteiger partial charge >= 0.3 is 0 Å². The van der Waals surface area contributed by atoms with Crippen LogP contribution in [-0.4, -0.2) is 11.4 Å². The molecule has 1 heterocycles. The summed E-state index contributed by atoms with van der Waals surface area (Å²) in [6.45, 7) is 2.29. The highest BCUT2D eigenvalue weighted by Gasteiger charge is 2.22. The molecule has 3 nitrogen and oxygen atoms in total. The highest BCUT2D eigenvalue weighted by Crippen LogP contribution is 2.35. The van der Waals surface area contributed by atoms with Gasteiger partial charge in [-0.2, -0.15) is 0 Å². The van der Waals surface area contributed by atoms with Gasteiger partial charge in [0.1, 0.15) is 11.5 Å². The van der Waals surface area contributed by atoms with Crippen molar-refractivity contribution >= 4 is 6.29 Å². The molecule has 0 N–H and O–H groups in total. The Morgan fingerprint density at radius 2 is 2.14 bits per heavy atom. The predicted molar refractivity (Wildman–Crippen MR) is 52.3 cm³/mol. The molecule has 0 aromatic carbocycles. The van der Waals surface area contributed by atoms with Gasteiger partial charge < -0.3 is 4.52 Å². The molecule has 0 amide bonds. The number of aldehydes is 1. The van der Waals surface area contributed by atoms with Crippen molar-refractivity contribution in [2.24, 2.45) is 5.92 Å². The molecule has 3 heteroatoms. The largest absolute Gasteiger partial charge is 0.360 e. The third kappa shape index (κ3) is 1.86. The number of carbonyl (C=O) groups excluding carboxylic acids is 1. The highest BCUT2D eigenvalue weighted by molar-refractivity contribution is 5.71. The van der Waals surface area contributed by atoms with Crippen LogP contribution in [0.2, 0.25) is 0 Å². The second kappa shape index (κ2) is 3.95. The molecule has 0 atom stereocenters. The van der Waals surface area contributed by atoms with Crippen LogP contribution in [0.3, 0.4) is 0 Å². The van der Waals surface area contributed by atoms with Gasteiger partial charge in [-0.1, -0.05) is 24.9 Å². The summed E-state index contributed by atoms with van der Waals surface area (Å²) in [5, 5.41) is 3.69. The molecule has 0 spiro atoms. The average Bonchev–Trinajstić information content (AvgIpc) is 2.67. The second-order valence-corrected chi connectivity index (χ2v) is 4.23. The smallest absolute Gasteiger partial charge is 0.171 e. The molecule has 0 aliphatic heterocycles. The van der Waals surface area contributed by atoms with E-state index >= 15 is 0 Å². The Balaban J connectivity index is 2.04. The van der Waals surface area contributed by atoms with Crippen LogP contribution in [0.4, 0.5) is 0 Å². The first-order valence-corrected chi connectivity index (χ1v) is 5.21. The van der Waals surface area contributed by atoms with Crippen LogP contribution in [0.25, 0.3) is 0 Å². The van der Waals surface area contributed by atoms with E-state index in [0.717, 1.165) is 30.8 Å². The number of aromatic nitrogens is 1. The van der Waals surface area contributed by atoms with Gasteiger partial charge in [0.15, 0.2) is 6.29 Å². The third-order valence-corrected chi connectivity index (χ3v) is 3.09. The molecule has 1 saturated carbocycles. The predicted octanol–water partition coefficient (Wildman–Crippen LogP) is 2.78. The van der Waals surface area contributed by atoms with Crippen LogP contribution in [0.1, 0.15) is 54.8 Å². The summed E-state index contributed by atoms with van der Waals surface area (Å²) in [6, 6.07) is 1.77. The highest BCUT2D eigenvalue weighted by atomic mass is 16.5. The van der Waals surface area contributed by atoms with Crippen molar-refractivity contribution in [2.45, 2.75) is 38.5 Å². The number of hydrogen-bond donors (Lipinski definition) is 0. The van der Waals surface area contributed by atoms with Crippen molar-refractivity contribution in [1.82, 2.24) is 5.16 Å². The lowest BCUT2D eigenvalue weighted by molar-refractivity contribution is 0.111. The van der Waals surface area contributed by atoms with E-state index in [0.29, 0.717) is 11.6 Å². The van der Waals surface area contributed by atoms with Crippen molar-refractivity contribution < 1.29 is 9.32 Å². The number of nitrogens with zero attached hydrogens (tertiary/aromatic N) is 1. The van der Waals surface area contributed by atoms with Crippen molar-refractivity contribution in [3.05, 3.63) is 17.5 Å². The summed E-state index contributed by atoms with van der Waals surface area (Å²) < 4.78 is 5.15. The minimum absolute atomic E-state index is 0.415. The SMILES string of the molecule is CC1CCC(c2cc(C=O)no2)CC1. The van der Waals surface area contributed by atoms with Crippen molar-refractivity contribution in [3.63, 3.8) is 0 Å². The molecule has 1 aromatic heterocycles. The molecule has 1 aliphatic carbocycles. The summed E-state index contributed by atoms with van der Waals surface area (Å²) in [5.74, 6) is 2.20. The number of hydrogen-bond acceptors (Lipinski definition) is 3. The zero-order valence-electron chi connectivity index (χ0n) is 8.40. The van der Waals surface area contributed by atoms with Crippen LogP contribution in [0, 0.1) is 5.92 Å². The number of carbonyl (C=O) groups is 1. The maximum atomic E-state index is 10.4. The van der Waals surface area contributed by atoms with E-state index in [4.69, 9.17) is 4.52 Å². The van der Waals surface area contributed by atoms with Gasteiger partial charge in [0, 0.05) is 12.0 Å². The summed E-state index contributed by atoms with van der Waals surface area (Å²) in [7, 11) is 0. The van der Waals surface area contributed by atoms with E-state index in [-0.39, 0.29) is 0 Å². The summed E-state index contributed by atoms with van der Waals surface area (Å²) in [5.41, 5.74) is 0.415. The van der Waals surface area contributed by atoms with Crippen LogP contribution in [0.15, 0.2) is 10.6 Å². The van der Waals surface area contributed by atoms with E-state index < -0.39 is 0 Å². The first-order chi connectivity index (χ1) is 6.79. The molecule has 0 bridgehead atoms. The summed E-state index contributed by atoms with van der Waals surface area (Å²) in [4.78, 5) is 10.4. The third-order valence-electron chi connectivity index (χ3n) is 3.09. The zero-order chi connectivity index (χ0) is 9.97. The monoisotopic (exact) mass is 193 g/mol. The van der Waals surface area contributed by atoms with Gasteiger partial charge in [-0.15, -0.1) is 0 Å². The first-order valence-electron chi connectivity index (χ1n) is 5.21. The topological polar surface area (TPSA) is 43.1 Å². The Bertz CT molecular complexity index is 311. The normalized spacial score (nSPS) is 27.5. The van der Waals surface area contributed by atoms with Crippen LogP contribution < -0.4 is 0 Å². The molecule has 0 unspecified atom stereocenters. The molecule has 1 aliphatic rings. The Morgan fingerprint density at radius 3 is 2.71 bits per heavy atom. The molecule has 1 fully saturated rings. The lowest BCUT2D eigenvalue weighted by atomic mass is 9.82. The maximum Gasteiger partial charge on any atom is 0.171 e. The molecule has 76 valence electrons. The molecule has 2 rings (SSSR count). The lowest BCUT2D eigenvalue weighted by Gasteiger charge is -2.23. The summed E-state index contributed by atoms with van der Waals surface area (Å²) in [6.07, 6.45) is 5.56. The summed E-state index contributed by atoms with van der Waals surface area (Å²) >= 11 is 0. The van der Waals surface area contributed by atoms with Crippen LogP contribution in [-0.2, 0) is 0 Å². The average molecular weight is 193 g/mol. The van der Waals surface area contributed by atoms with Gasteiger partial charge in [-0.3, -0.25) is 4.79 Å². The van der Waals surface area contributed by atoms with E-state index in [1.807, 2.05) is 0 Å². The van der Waals surface area contributed by atoms with Gasteiger partial charge in [0.2, 0.25) is 0 Å². The zero-order valence-corrected chi connectivity index (χ0v) is 8.40. The minimum atomic E-state index is 0.415. The Kier molecular flexibility index (Phi) is 2.66. The standard InChI is InChI=1S/C11H15NO2/c1-8-2-4-9(5-3-8)11-6-10(7-13)12-14-11/h6-9H,2-5H2,1H3. The quantitative estimate of drug-likeness (QED) is 0.678.